The molecule has 0 aliphatic carbocycles. The third kappa shape index (κ3) is 5.99. The van der Waals surface area contributed by atoms with Crippen molar-refractivity contribution in [3.63, 3.8) is 0 Å². The van der Waals surface area contributed by atoms with Gasteiger partial charge >= 0.3 is 0 Å². The maximum Gasteiger partial charge on any atom is 0.193 e. The lowest BCUT2D eigenvalue weighted by molar-refractivity contribution is -0.0367. The fraction of sp³-hybridized carbons (Fsp3) is 0.480. The Bertz CT molecular complexity index is 894. The molecule has 0 amide bonds. The first-order valence-electron chi connectivity index (χ1n) is 11.4. The number of piperidine rings is 1. The number of hydrogen-bond acceptors (Lipinski definition) is 4. The molecule has 4 rings (SSSR count). The van der Waals surface area contributed by atoms with Crippen LogP contribution in [0.15, 0.2) is 53.5 Å². The van der Waals surface area contributed by atoms with Crippen LogP contribution >= 0.6 is 0 Å². The van der Waals surface area contributed by atoms with Gasteiger partial charge in [-0.1, -0.05) is 30.3 Å². The maximum absolute atomic E-state index is 14.0. The molecular formula is C25H32FN3O3. The number of ether oxygens (including phenoxy) is 3. The van der Waals surface area contributed by atoms with E-state index in [4.69, 9.17) is 14.2 Å². The van der Waals surface area contributed by atoms with Crippen LogP contribution in [0.4, 0.5) is 4.39 Å². The molecule has 32 heavy (non-hydrogen) atoms. The first-order valence-corrected chi connectivity index (χ1v) is 11.4. The van der Waals surface area contributed by atoms with Crippen LogP contribution in [-0.4, -0.2) is 56.4 Å². The highest BCUT2D eigenvalue weighted by atomic mass is 19.1. The summed E-state index contributed by atoms with van der Waals surface area (Å²) in [5.74, 6) is 1.31. The summed E-state index contributed by atoms with van der Waals surface area (Å²) >= 11 is 0. The number of halogens is 1. The van der Waals surface area contributed by atoms with E-state index in [0.717, 1.165) is 56.9 Å². The molecule has 2 saturated heterocycles. The maximum atomic E-state index is 14.0. The Balaban J connectivity index is 1.28. The molecule has 1 unspecified atom stereocenters. The van der Waals surface area contributed by atoms with Crippen molar-refractivity contribution in [3.05, 3.63) is 59.9 Å². The number of para-hydroxylation sites is 2. The number of nitrogens with one attached hydrogen (secondary N) is 1. The summed E-state index contributed by atoms with van der Waals surface area (Å²) in [6.45, 7) is 3.89. The van der Waals surface area contributed by atoms with E-state index >= 15 is 0 Å². The fourth-order valence-electron chi connectivity index (χ4n) is 4.16. The zero-order valence-corrected chi connectivity index (χ0v) is 18.6. The van der Waals surface area contributed by atoms with Gasteiger partial charge in [0.25, 0.3) is 0 Å². The van der Waals surface area contributed by atoms with Crippen molar-refractivity contribution in [2.75, 3.05) is 33.4 Å². The van der Waals surface area contributed by atoms with Gasteiger partial charge in [0, 0.05) is 38.9 Å². The van der Waals surface area contributed by atoms with Gasteiger partial charge < -0.3 is 24.4 Å². The van der Waals surface area contributed by atoms with Crippen LogP contribution in [0.5, 0.6) is 11.5 Å². The second-order valence-electron chi connectivity index (χ2n) is 8.20. The number of aliphatic imine (C=N–C) groups is 1. The third-order valence-corrected chi connectivity index (χ3v) is 5.96. The van der Waals surface area contributed by atoms with E-state index in [1.54, 1.807) is 25.2 Å². The van der Waals surface area contributed by atoms with Gasteiger partial charge in [-0.15, -0.1) is 0 Å². The molecule has 7 heteroatoms. The molecule has 1 N–H and O–H groups in total. The highest BCUT2D eigenvalue weighted by molar-refractivity contribution is 5.80. The molecule has 2 aromatic carbocycles. The van der Waals surface area contributed by atoms with Crippen LogP contribution in [0, 0.1) is 5.82 Å². The standard InChI is InChI=1S/C25H32FN3O3/c1-27-25(29-14-12-20(13-15-29)31-18-21-8-6-16-30-21)28-17-19-7-2-4-10-23(19)32-24-11-5-3-9-22(24)26/h2-5,7,9-11,20-21H,6,8,12-18H2,1H3,(H,27,28). The Labute approximate surface area is 189 Å². The highest BCUT2D eigenvalue weighted by Crippen LogP contribution is 2.27. The van der Waals surface area contributed by atoms with E-state index in [9.17, 15) is 4.39 Å². The van der Waals surface area contributed by atoms with Crippen LogP contribution in [0.25, 0.3) is 0 Å². The molecule has 2 aromatic rings. The van der Waals surface area contributed by atoms with Gasteiger partial charge in [0.15, 0.2) is 17.5 Å². The minimum atomic E-state index is -0.379. The van der Waals surface area contributed by atoms with Crippen LogP contribution in [0.2, 0.25) is 0 Å². The second kappa shape index (κ2) is 11.3. The predicted molar refractivity (Wildman–Crippen MR) is 123 cm³/mol. The molecule has 0 radical (unpaired) electrons. The van der Waals surface area contributed by atoms with Crippen LogP contribution in [0.3, 0.4) is 0 Å². The number of rotatable bonds is 7. The SMILES string of the molecule is CN=C(NCc1ccccc1Oc1ccccc1F)N1CCC(OCC2CCCO2)CC1. The Morgan fingerprint density at radius 2 is 1.84 bits per heavy atom. The zero-order valence-electron chi connectivity index (χ0n) is 18.6. The van der Waals surface area contributed by atoms with Crippen LogP contribution < -0.4 is 10.1 Å². The molecule has 0 saturated carbocycles. The van der Waals surface area contributed by atoms with Crippen LogP contribution in [-0.2, 0) is 16.0 Å². The molecule has 1 atom stereocenters. The number of hydrogen-bond donors (Lipinski definition) is 1. The summed E-state index contributed by atoms with van der Waals surface area (Å²) in [6.07, 6.45) is 4.75. The van der Waals surface area contributed by atoms with Gasteiger partial charge in [0.1, 0.15) is 5.75 Å². The normalized spacial score (nSPS) is 19.9. The van der Waals surface area contributed by atoms with E-state index in [2.05, 4.69) is 15.2 Å². The molecule has 0 aromatic heterocycles. The molecule has 0 spiro atoms. The van der Waals surface area contributed by atoms with E-state index in [-0.39, 0.29) is 23.8 Å². The van der Waals surface area contributed by atoms with Crippen molar-refractivity contribution in [1.82, 2.24) is 10.2 Å². The number of benzene rings is 2. The van der Waals surface area contributed by atoms with Crippen molar-refractivity contribution in [3.8, 4) is 11.5 Å². The molecule has 172 valence electrons. The number of guanidine groups is 1. The van der Waals surface area contributed by atoms with E-state index in [0.29, 0.717) is 18.9 Å². The first-order chi connectivity index (χ1) is 15.7. The van der Waals surface area contributed by atoms with E-state index in [1.165, 1.54) is 6.07 Å². The summed E-state index contributed by atoms with van der Waals surface area (Å²) in [4.78, 5) is 6.71. The Morgan fingerprint density at radius 3 is 2.56 bits per heavy atom. The zero-order chi connectivity index (χ0) is 22.2. The first kappa shape index (κ1) is 22.6. The number of nitrogens with zero attached hydrogens (tertiary/aromatic N) is 2. The van der Waals surface area contributed by atoms with Gasteiger partial charge in [-0.05, 0) is 43.9 Å². The molecule has 0 bridgehead atoms. The summed E-state index contributed by atoms with van der Waals surface area (Å²) in [6, 6.07) is 14.1. The van der Waals surface area contributed by atoms with Gasteiger partial charge in [-0.25, -0.2) is 4.39 Å². The van der Waals surface area contributed by atoms with Crippen molar-refractivity contribution in [1.29, 1.82) is 0 Å². The Morgan fingerprint density at radius 1 is 1.09 bits per heavy atom. The van der Waals surface area contributed by atoms with Gasteiger partial charge in [0.05, 0.1) is 18.8 Å². The lowest BCUT2D eigenvalue weighted by atomic mass is 10.1. The molecular weight excluding hydrogens is 409 g/mol. The summed E-state index contributed by atoms with van der Waals surface area (Å²) < 4.78 is 31.6. The molecule has 2 aliphatic heterocycles. The Kier molecular flexibility index (Phi) is 7.96. The van der Waals surface area contributed by atoms with Crippen LogP contribution in [0.1, 0.15) is 31.2 Å². The summed E-state index contributed by atoms with van der Waals surface area (Å²) in [7, 11) is 1.80. The average Bonchev–Trinajstić information content (AvgIpc) is 3.35. The topological polar surface area (TPSA) is 55.3 Å². The molecule has 6 nitrogen and oxygen atoms in total. The largest absolute Gasteiger partial charge is 0.454 e. The average molecular weight is 442 g/mol. The lowest BCUT2D eigenvalue weighted by Gasteiger charge is -2.34. The third-order valence-electron chi connectivity index (χ3n) is 5.96. The smallest absolute Gasteiger partial charge is 0.193 e. The molecule has 2 heterocycles. The van der Waals surface area contributed by atoms with E-state index < -0.39 is 0 Å². The summed E-state index contributed by atoms with van der Waals surface area (Å²) in [5.41, 5.74) is 0.937. The summed E-state index contributed by atoms with van der Waals surface area (Å²) in [5, 5.41) is 3.43. The minimum Gasteiger partial charge on any atom is -0.454 e. The van der Waals surface area contributed by atoms with Gasteiger partial charge in [-0.2, -0.15) is 0 Å². The minimum absolute atomic E-state index is 0.217. The van der Waals surface area contributed by atoms with Gasteiger partial charge in [-0.3, -0.25) is 4.99 Å². The van der Waals surface area contributed by atoms with Gasteiger partial charge in [0.2, 0.25) is 0 Å². The fourth-order valence-corrected chi connectivity index (χ4v) is 4.16. The highest BCUT2D eigenvalue weighted by Gasteiger charge is 2.24. The quantitative estimate of drug-likeness (QED) is 0.511. The monoisotopic (exact) mass is 441 g/mol. The van der Waals surface area contributed by atoms with Crippen molar-refractivity contribution < 1.29 is 18.6 Å². The van der Waals surface area contributed by atoms with Crippen molar-refractivity contribution in [2.24, 2.45) is 4.99 Å². The van der Waals surface area contributed by atoms with E-state index in [1.807, 2.05) is 24.3 Å². The number of likely N-dealkylation sites (tertiary alicyclic amines) is 1. The predicted octanol–water partition coefficient (Wildman–Crippen LogP) is 4.35. The lowest BCUT2D eigenvalue weighted by Crippen LogP contribution is -2.47. The van der Waals surface area contributed by atoms with Crippen molar-refractivity contribution >= 4 is 5.96 Å². The molecule has 2 aliphatic rings. The Hall–Kier alpha value is -2.64. The second-order valence-corrected chi connectivity index (χ2v) is 8.20. The van der Waals surface area contributed by atoms with Crippen molar-refractivity contribution in [2.45, 2.75) is 44.4 Å². The molecule has 2 fully saturated rings.